The number of nitrogens with one attached hydrogen (secondary N) is 1. The summed E-state index contributed by atoms with van der Waals surface area (Å²) >= 11 is 1.36. The Morgan fingerprint density at radius 2 is 1.69 bits per heavy atom. The topological polar surface area (TPSA) is 72.7 Å². The van der Waals surface area contributed by atoms with E-state index in [-0.39, 0.29) is 11.7 Å². The summed E-state index contributed by atoms with van der Waals surface area (Å²) in [4.78, 5) is 12.3. The standard InChI is InChI=1S/C22H21N5OS/c1-15-20-16(2)27(18-11-7-4-8-12-18)26-21(20)22(25-24-15)29-14-19(28)23-13-17-9-5-3-6-10-17/h3-12H,13-14H2,1-2H3,(H,23,28). The molecule has 0 aliphatic heterocycles. The molecule has 0 saturated heterocycles. The van der Waals surface area contributed by atoms with Gasteiger partial charge in [-0.2, -0.15) is 10.2 Å². The summed E-state index contributed by atoms with van der Waals surface area (Å²) in [5.74, 6) is 0.213. The van der Waals surface area contributed by atoms with E-state index in [4.69, 9.17) is 5.10 Å². The Balaban J connectivity index is 1.53. The van der Waals surface area contributed by atoms with Crippen molar-refractivity contribution in [2.45, 2.75) is 25.4 Å². The van der Waals surface area contributed by atoms with Crippen LogP contribution in [-0.2, 0) is 11.3 Å². The van der Waals surface area contributed by atoms with Gasteiger partial charge in [0, 0.05) is 11.9 Å². The number of benzene rings is 2. The van der Waals surface area contributed by atoms with Crippen LogP contribution >= 0.6 is 11.8 Å². The first-order chi connectivity index (χ1) is 14.1. The van der Waals surface area contributed by atoms with Crippen LogP contribution in [0.4, 0.5) is 0 Å². The lowest BCUT2D eigenvalue weighted by atomic mass is 10.2. The first-order valence-corrected chi connectivity index (χ1v) is 10.3. The van der Waals surface area contributed by atoms with E-state index in [1.54, 1.807) is 0 Å². The van der Waals surface area contributed by atoms with Gasteiger partial charge >= 0.3 is 0 Å². The van der Waals surface area contributed by atoms with E-state index < -0.39 is 0 Å². The van der Waals surface area contributed by atoms with Gasteiger partial charge in [-0.1, -0.05) is 60.3 Å². The van der Waals surface area contributed by atoms with E-state index in [0.29, 0.717) is 11.6 Å². The number of carbonyl (C=O) groups is 1. The zero-order chi connectivity index (χ0) is 20.2. The van der Waals surface area contributed by atoms with E-state index in [1.807, 2.05) is 79.2 Å². The molecule has 7 heteroatoms. The summed E-state index contributed by atoms with van der Waals surface area (Å²) in [6, 6.07) is 19.8. The Hall–Kier alpha value is -3.19. The number of aryl methyl sites for hydroxylation is 2. The summed E-state index contributed by atoms with van der Waals surface area (Å²) in [6.07, 6.45) is 0. The van der Waals surface area contributed by atoms with Crippen LogP contribution in [0, 0.1) is 13.8 Å². The molecule has 6 nitrogen and oxygen atoms in total. The van der Waals surface area contributed by atoms with Gasteiger partial charge in [0.05, 0.1) is 22.8 Å². The van der Waals surface area contributed by atoms with Crippen molar-refractivity contribution in [3.8, 4) is 5.69 Å². The number of amides is 1. The third kappa shape index (κ3) is 4.14. The van der Waals surface area contributed by atoms with Crippen LogP contribution in [-0.4, -0.2) is 31.6 Å². The van der Waals surface area contributed by atoms with Crippen molar-refractivity contribution in [2.24, 2.45) is 0 Å². The van der Waals surface area contributed by atoms with Crippen LogP contribution in [0.15, 0.2) is 65.7 Å². The highest BCUT2D eigenvalue weighted by molar-refractivity contribution is 8.00. The second-order valence-electron chi connectivity index (χ2n) is 6.70. The van der Waals surface area contributed by atoms with Gasteiger partial charge < -0.3 is 5.32 Å². The number of rotatable bonds is 6. The lowest BCUT2D eigenvalue weighted by molar-refractivity contribution is -0.118. The molecule has 0 aliphatic rings. The molecule has 2 aromatic heterocycles. The second kappa shape index (κ2) is 8.45. The Kier molecular flexibility index (Phi) is 5.57. The molecule has 146 valence electrons. The highest BCUT2D eigenvalue weighted by Crippen LogP contribution is 2.29. The molecule has 29 heavy (non-hydrogen) atoms. The highest BCUT2D eigenvalue weighted by Gasteiger charge is 2.18. The van der Waals surface area contributed by atoms with Crippen LogP contribution in [0.25, 0.3) is 16.6 Å². The minimum atomic E-state index is -0.0476. The van der Waals surface area contributed by atoms with E-state index in [1.165, 1.54) is 11.8 Å². The maximum absolute atomic E-state index is 12.3. The smallest absolute Gasteiger partial charge is 0.230 e. The third-order valence-corrected chi connectivity index (χ3v) is 5.60. The summed E-state index contributed by atoms with van der Waals surface area (Å²) in [5.41, 5.74) is 4.67. The maximum Gasteiger partial charge on any atom is 0.230 e. The van der Waals surface area contributed by atoms with Gasteiger partial charge in [0.2, 0.25) is 5.91 Å². The number of aromatic nitrogens is 4. The molecule has 2 heterocycles. The minimum Gasteiger partial charge on any atom is -0.351 e. The Bertz CT molecular complexity index is 1140. The van der Waals surface area contributed by atoms with Crippen molar-refractivity contribution in [3.63, 3.8) is 0 Å². The number of carbonyl (C=O) groups excluding carboxylic acids is 1. The molecular formula is C22H21N5OS. The third-order valence-electron chi connectivity index (χ3n) is 4.64. The van der Waals surface area contributed by atoms with Crippen LogP contribution in [0.5, 0.6) is 0 Å². The van der Waals surface area contributed by atoms with Gasteiger partial charge in [-0.3, -0.25) is 4.79 Å². The first kappa shape index (κ1) is 19.1. The molecule has 0 unspecified atom stereocenters. The summed E-state index contributed by atoms with van der Waals surface area (Å²) in [6.45, 7) is 4.47. The summed E-state index contributed by atoms with van der Waals surface area (Å²) < 4.78 is 1.90. The quantitative estimate of drug-likeness (QED) is 0.495. The summed E-state index contributed by atoms with van der Waals surface area (Å²) in [7, 11) is 0. The van der Waals surface area contributed by atoms with E-state index in [9.17, 15) is 4.79 Å². The number of hydrogen-bond donors (Lipinski definition) is 1. The molecule has 0 radical (unpaired) electrons. The molecule has 0 spiro atoms. The van der Waals surface area contributed by atoms with Gasteiger partial charge in [0.15, 0.2) is 0 Å². The average Bonchev–Trinajstić information content (AvgIpc) is 3.11. The second-order valence-corrected chi connectivity index (χ2v) is 7.66. The zero-order valence-corrected chi connectivity index (χ0v) is 17.1. The average molecular weight is 404 g/mol. The number of para-hydroxylation sites is 1. The Morgan fingerprint density at radius 1 is 1.00 bits per heavy atom. The molecule has 0 bridgehead atoms. The Labute approximate surface area is 173 Å². The van der Waals surface area contributed by atoms with Gasteiger partial charge in [-0.25, -0.2) is 4.68 Å². The lowest BCUT2D eigenvalue weighted by Gasteiger charge is -2.05. The molecular weight excluding hydrogens is 382 g/mol. The first-order valence-electron chi connectivity index (χ1n) is 9.35. The lowest BCUT2D eigenvalue weighted by Crippen LogP contribution is -2.24. The highest BCUT2D eigenvalue weighted by atomic mass is 32.2. The van der Waals surface area contributed by atoms with E-state index >= 15 is 0 Å². The molecule has 4 aromatic rings. The van der Waals surface area contributed by atoms with Crippen molar-refractivity contribution < 1.29 is 4.79 Å². The van der Waals surface area contributed by atoms with Crippen molar-refractivity contribution in [3.05, 3.63) is 77.6 Å². The van der Waals surface area contributed by atoms with Crippen LogP contribution in [0.1, 0.15) is 17.0 Å². The van der Waals surface area contributed by atoms with Crippen molar-refractivity contribution >= 4 is 28.6 Å². The van der Waals surface area contributed by atoms with Crippen molar-refractivity contribution in [1.82, 2.24) is 25.3 Å². The van der Waals surface area contributed by atoms with E-state index in [0.717, 1.165) is 33.5 Å². The fourth-order valence-electron chi connectivity index (χ4n) is 3.20. The van der Waals surface area contributed by atoms with Crippen LogP contribution < -0.4 is 5.32 Å². The normalized spacial score (nSPS) is 11.0. The minimum absolute atomic E-state index is 0.0476. The summed E-state index contributed by atoms with van der Waals surface area (Å²) in [5, 5.41) is 18.0. The monoisotopic (exact) mass is 403 g/mol. The maximum atomic E-state index is 12.3. The number of fused-ring (bicyclic) bond motifs is 1. The van der Waals surface area contributed by atoms with Gasteiger partial charge in [-0.15, -0.1) is 5.10 Å². The van der Waals surface area contributed by atoms with Crippen molar-refractivity contribution in [2.75, 3.05) is 5.75 Å². The van der Waals surface area contributed by atoms with Gasteiger partial charge in [0.1, 0.15) is 10.5 Å². The number of thioether (sulfide) groups is 1. The molecule has 0 atom stereocenters. The number of hydrogen-bond acceptors (Lipinski definition) is 5. The largest absolute Gasteiger partial charge is 0.351 e. The fraction of sp³-hybridized carbons (Fsp3) is 0.182. The molecule has 2 aromatic carbocycles. The van der Waals surface area contributed by atoms with E-state index in [2.05, 4.69) is 15.5 Å². The predicted octanol–water partition coefficient (Wildman–Crippen LogP) is 3.84. The van der Waals surface area contributed by atoms with Crippen LogP contribution in [0.2, 0.25) is 0 Å². The van der Waals surface area contributed by atoms with Gasteiger partial charge in [-0.05, 0) is 31.5 Å². The van der Waals surface area contributed by atoms with Crippen molar-refractivity contribution in [1.29, 1.82) is 0 Å². The SMILES string of the molecule is Cc1nnc(SCC(=O)NCc2ccccc2)c2nn(-c3ccccc3)c(C)c12. The van der Waals surface area contributed by atoms with Gasteiger partial charge in [0.25, 0.3) is 0 Å². The molecule has 4 rings (SSSR count). The molecule has 0 fully saturated rings. The molecule has 0 aliphatic carbocycles. The van der Waals surface area contributed by atoms with Crippen LogP contribution in [0.3, 0.4) is 0 Å². The molecule has 0 saturated carbocycles. The Morgan fingerprint density at radius 3 is 2.41 bits per heavy atom. The molecule has 1 N–H and O–H groups in total. The fourth-order valence-corrected chi connectivity index (χ4v) is 3.95. The zero-order valence-electron chi connectivity index (χ0n) is 16.3. The predicted molar refractivity (Wildman–Crippen MR) is 115 cm³/mol. The number of nitrogens with zero attached hydrogens (tertiary/aromatic N) is 4. The molecule has 1 amide bonds.